The van der Waals surface area contributed by atoms with Crippen LogP contribution in [0.15, 0.2) is 52.1 Å². The summed E-state index contributed by atoms with van der Waals surface area (Å²) in [6.45, 7) is 4.06. The first kappa shape index (κ1) is 18.6. The van der Waals surface area contributed by atoms with Crippen LogP contribution in [0.3, 0.4) is 0 Å². The average molecular weight is 452 g/mol. The van der Waals surface area contributed by atoms with Crippen LogP contribution in [0.1, 0.15) is 29.8 Å². The summed E-state index contributed by atoms with van der Waals surface area (Å²) < 4.78 is 3.15. The number of fused-ring (bicyclic) bond motifs is 1. The van der Waals surface area contributed by atoms with Gasteiger partial charge < -0.3 is 4.57 Å². The molecule has 2 amide bonds. The second kappa shape index (κ2) is 6.80. The number of amides is 2. The summed E-state index contributed by atoms with van der Waals surface area (Å²) in [6.07, 6.45) is 7.89. The number of rotatable bonds is 3. The molecule has 1 aliphatic heterocycles. The van der Waals surface area contributed by atoms with Crippen molar-refractivity contribution in [2.75, 3.05) is 0 Å². The van der Waals surface area contributed by atoms with Crippen LogP contribution in [0.2, 0.25) is 0 Å². The Labute approximate surface area is 178 Å². The van der Waals surface area contributed by atoms with Crippen molar-refractivity contribution in [2.24, 2.45) is 28.8 Å². The molecule has 2 aromatic rings. The highest BCUT2D eigenvalue weighted by Crippen LogP contribution is 2.49. The molecule has 2 bridgehead atoms. The van der Waals surface area contributed by atoms with Crippen LogP contribution >= 0.6 is 15.9 Å². The van der Waals surface area contributed by atoms with Gasteiger partial charge in [0.1, 0.15) is 0 Å². The monoisotopic (exact) mass is 451 g/mol. The molecule has 1 saturated heterocycles. The van der Waals surface area contributed by atoms with Gasteiger partial charge in [-0.2, -0.15) is 10.1 Å². The Hall–Kier alpha value is -2.47. The lowest BCUT2D eigenvalue weighted by Gasteiger charge is -2.37. The first-order chi connectivity index (χ1) is 14.0. The number of hydrazone groups is 1. The van der Waals surface area contributed by atoms with Gasteiger partial charge >= 0.3 is 0 Å². The summed E-state index contributed by atoms with van der Waals surface area (Å²) in [5, 5.41) is 5.49. The second-order valence-corrected chi connectivity index (χ2v) is 9.13. The predicted octanol–water partition coefficient (Wildman–Crippen LogP) is 4.39. The zero-order valence-electron chi connectivity index (χ0n) is 16.4. The van der Waals surface area contributed by atoms with Crippen LogP contribution in [0.4, 0.5) is 0 Å². The first-order valence-corrected chi connectivity index (χ1v) is 10.8. The lowest BCUT2D eigenvalue weighted by molar-refractivity contribution is -0.140. The van der Waals surface area contributed by atoms with E-state index in [0.29, 0.717) is 0 Å². The maximum absolute atomic E-state index is 12.9. The van der Waals surface area contributed by atoms with Gasteiger partial charge in [0.05, 0.1) is 18.1 Å². The molecule has 0 spiro atoms. The lowest BCUT2D eigenvalue weighted by Crippen LogP contribution is -2.38. The second-order valence-electron chi connectivity index (χ2n) is 8.22. The molecule has 1 saturated carbocycles. The van der Waals surface area contributed by atoms with Gasteiger partial charge in [0.25, 0.3) is 11.8 Å². The van der Waals surface area contributed by atoms with E-state index in [1.165, 1.54) is 0 Å². The summed E-state index contributed by atoms with van der Waals surface area (Å²) in [5.41, 5.74) is 4.04. The van der Waals surface area contributed by atoms with E-state index < -0.39 is 0 Å². The number of imide groups is 1. The largest absolute Gasteiger partial charge is 0.318 e. The van der Waals surface area contributed by atoms with Gasteiger partial charge in [0.15, 0.2) is 0 Å². The Kier molecular flexibility index (Phi) is 4.35. The molecule has 2 heterocycles. The lowest BCUT2D eigenvalue weighted by atomic mass is 9.63. The highest BCUT2D eigenvalue weighted by Gasteiger charge is 2.56. The van der Waals surface area contributed by atoms with Crippen molar-refractivity contribution in [1.29, 1.82) is 0 Å². The fraction of sp³-hybridized carbons (Fsp3) is 0.348. The molecule has 5 nitrogen and oxygen atoms in total. The van der Waals surface area contributed by atoms with Gasteiger partial charge in [-0.25, -0.2) is 0 Å². The van der Waals surface area contributed by atoms with Gasteiger partial charge in [-0.1, -0.05) is 34.1 Å². The average Bonchev–Trinajstić information content (AvgIpc) is 3.15. The normalized spacial score (nSPS) is 28.0. The Morgan fingerprint density at radius 3 is 2.28 bits per heavy atom. The van der Waals surface area contributed by atoms with Crippen LogP contribution in [0, 0.1) is 37.5 Å². The van der Waals surface area contributed by atoms with E-state index in [2.05, 4.69) is 43.8 Å². The van der Waals surface area contributed by atoms with E-state index in [1.54, 1.807) is 6.21 Å². The summed E-state index contributed by atoms with van der Waals surface area (Å²) in [6, 6.07) is 10.1. The van der Waals surface area contributed by atoms with Crippen LogP contribution < -0.4 is 0 Å². The molecule has 148 valence electrons. The van der Waals surface area contributed by atoms with Gasteiger partial charge in [0, 0.05) is 27.1 Å². The Morgan fingerprint density at radius 2 is 1.69 bits per heavy atom. The van der Waals surface area contributed by atoms with E-state index in [4.69, 9.17) is 0 Å². The number of aromatic nitrogens is 1. The first-order valence-electron chi connectivity index (χ1n) is 10.0. The molecule has 3 aliphatic carbocycles. The topological polar surface area (TPSA) is 54.7 Å². The van der Waals surface area contributed by atoms with E-state index in [0.717, 1.165) is 45.0 Å². The van der Waals surface area contributed by atoms with Crippen molar-refractivity contribution < 1.29 is 9.59 Å². The molecule has 4 atom stereocenters. The van der Waals surface area contributed by atoms with E-state index in [1.807, 2.05) is 38.1 Å². The number of hydrogen-bond acceptors (Lipinski definition) is 3. The van der Waals surface area contributed by atoms with E-state index in [-0.39, 0.29) is 35.5 Å². The molecule has 29 heavy (non-hydrogen) atoms. The smallest absolute Gasteiger partial charge is 0.254 e. The van der Waals surface area contributed by atoms with Crippen LogP contribution in [0.5, 0.6) is 0 Å². The maximum atomic E-state index is 12.9. The third kappa shape index (κ3) is 2.84. The van der Waals surface area contributed by atoms with Gasteiger partial charge in [-0.05, 0) is 62.8 Å². The minimum atomic E-state index is -0.225. The number of halogens is 1. The van der Waals surface area contributed by atoms with Gasteiger partial charge in [0.2, 0.25) is 0 Å². The van der Waals surface area contributed by atoms with Gasteiger partial charge in [-0.15, -0.1) is 0 Å². The molecule has 0 unspecified atom stereocenters. The van der Waals surface area contributed by atoms with E-state index in [9.17, 15) is 9.59 Å². The minimum Gasteiger partial charge on any atom is -0.318 e. The third-order valence-corrected chi connectivity index (χ3v) is 7.08. The SMILES string of the molecule is Cc1cc(/C=N\N2C(=O)[C@H]3[C@H](C2=O)[C@H]2C=C[C@H]3CC2)c(C)n1-c1cccc(Br)c1. The molecular formula is C23H22BrN3O2. The molecule has 1 aromatic heterocycles. The molecule has 0 radical (unpaired) electrons. The molecule has 4 aliphatic rings. The zero-order valence-corrected chi connectivity index (χ0v) is 18.0. The fourth-order valence-corrected chi connectivity index (χ4v) is 5.61. The van der Waals surface area contributed by atoms with E-state index >= 15 is 0 Å². The maximum Gasteiger partial charge on any atom is 0.254 e. The number of carbonyl (C=O) groups is 2. The standard InChI is InChI=1S/C23H22BrN3O2/c1-13-10-17(14(2)26(13)19-5-3-4-18(24)11-19)12-25-27-22(28)20-15-6-7-16(9-8-15)21(20)23(27)29/h3-7,10-12,15-16,20-21H,8-9H2,1-2H3/b25-12-/t15-,16-,20+,21+/m0/s1. The molecule has 6 heteroatoms. The Morgan fingerprint density at radius 1 is 1.03 bits per heavy atom. The number of benzene rings is 1. The number of aryl methyl sites for hydroxylation is 1. The van der Waals surface area contributed by atoms with Gasteiger partial charge in [-0.3, -0.25) is 9.59 Å². The predicted molar refractivity (Wildman–Crippen MR) is 115 cm³/mol. The van der Waals surface area contributed by atoms with Crippen molar-refractivity contribution >= 4 is 34.0 Å². The molecular weight excluding hydrogens is 430 g/mol. The number of hydrogen-bond donors (Lipinski definition) is 0. The molecule has 6 rings (SSSR count). The quantitative estimate of drug-likeness (QED) is 0.394. The van der Waals surface area contributed by atoms with Crippen molar-refractivity contribution in [1.82, 2.24) is 9.58 Å². The minimum absolute atomic E-state index is 0.143. The number of carbonyl (C=O) groups excluding carboxylic acids is 2. The third-order valence-electron chi connectivity index (χ3n) is 6.59. The summed E-state index contributed by atoms with van der Waals surface area (Å²) in [7, 11) is 0. The number of nitrogens with zero attached hydrogens (tertiary/aromatic N) is 3. The van der Waals surface area contributed by atoms with Crippen LogP contribution in [-0.4, -0.2) is 27.6 Å². The van der Waals surface area contributed by atoms with Crippen molar-refractivity contribution in [3.05, 3.63) is 63.9 Å². The van der Waals surface area contributed by atoms with Crippen molar-refractivity contribution in [3.63, 3.8) is 0 Å². The highest BCUT2D eigenvalue weighted by atomic mass is 79.9. The molecule has 0 N–H and O–H groups in total. The fourth-order valence-electron chi connectivity index (χ4n) is 5.22. The summed E-state index contributed by atoms with van der Waals surface area (Å²) in [4.78, 5) is 25.8. The number of allylic oxidation sites excluding steroid dienone is 2. The zero-order chi connectivity index (χ0) is 20.3. The Balaban J connectivity index is 1.45. The van der Waals surface area contributed by atoms with Crippen molar-refractivity contribution in [3.8, 4) is 5.69 Å². The highest BCUT2D eigenvalue weighted by molar-refractivity contribution is 9.10. The molecule has 1 aromatic carbocycles. The summed E-state index contributed by atoms with van der Waals surface area (Å²) >= 11 is 3.52. The Bertz CT molecular complexity index is 1050. The van der Waals surface area contributed by atoms with Crippen LogP contribution in [-0.2, 0) is 9.59 Å². The van der Waals surface area contributed by atoms with Crippen molar-refractivity contribution in [2.45, 2.75) is 26.7 Å². The molecule has 2 fully saturated rings. The van der Waals surface area contributed by atoms with Crippen LogP contribution in [0.25, 0.3) is 5.69 Å². The summed E-state index contributed by atoms with van der Waals surface area (Å²) in [5.74, 6) is -0.367.